The van der Waals surface area contributed by atoms with E-state index in [1.54, 1.807) is 24.3 Å². The lowest BCUT2D eigenvalue weighted by molar-refractivity contribution is -0.129. The molecular formula is C17H20ClN3O3. The average molecular weight is 350 g/mol. The fraction of sp³-hybridized carbons (Fsp3) is 0.294. The van der Waals surface area contributed by atoms with Crippen molar-refractivity contribution in [2.45, 2.75) is 31.3 Å². The smallest absolute Gasteiger partial charge is 0.291 e. The second kappa shape index (κ2) is 7.51. The van der Waals surface area contributed by atoms with E-state index in [0.29, 0.717) is 12.2 Å². The predicted octanol–water partition coefficient (Wildman–Crippen LogP) is 2.45. The molecule has 0 bridgehead atoms. The van der Waals surface area contributed by atoms with Crippen molar-refractivity contribution in [1.82, 2.24) is 5.32 Å². The Kier molecular flexibility index (Phi) is 5.64. The van der Waals surface area contributed by atoms with Crippen molar-refractivity contribution in [2.24, 2.45) is 5.73 Å². The molecule has 4 N–H and O–H groups in total. The van der Waals surface area contributed by atoms with Crippen LogP contribution < -0.4 is 16.4 Å². The molecule has 2 aromatic rings. The standard InChI is InChI=1S/C17H19N3O3.ClH/c18-17(8-2-9-17)16(22)19-11-12-4-6-13(7-5-12)20-15(21)14-3-1-10-23-14;/h1,3-7,10H,2,8-9,11,18H2,(H,19,22)(H,20,21);1H. The van der Waals surface area contributed by atoms with Crippen molar-refractivity contribution in [3.05, 3.63) is 54.0 Å². The molecule has 0 saturated heterocycles. The summed E-state index contributed by atoms with van der Waals surface area (Å²) in [5.74, 6) is -0.139. The summed E-state index contributed by atoms with van der Waals surface area (Å²) >= 11 is 0. The number of anilines is 1. The fourth-order valence-corrected chi connectivity index (χ4v) is 2.45. The minimum atomic E-state index is -0.684. The average Bonchev–Trinajstić information content (AvgIpc) is 3.06. The molecule has 1 heterocycles. The van der Waals surface area contributed by atoms with Crippen molar-refractivity contribution in [1.29, 1.82) is 0 Å². The van der Waals surface area contributed by atoms with Gasteiger partial charge >= 0.3 is 0 Å². The Bertz CT molecular complexity index is 694. The molecule has 7 heteroatoms. The fourth-order valence-electron chi connectivity index (χ4n) is 2.45. The Morgan fingerprint density at radius 2 is 1.88 bits per heavy atom. The SMILES string of the molecule is Cl.NC1(C(=O)NCc2ccc(NC(=O)c3ccco3)cc2)CCC1. The first-order chi connectivity index (χ1) is 11.1. The van der Waals surface area contributed by atoms with E-state index in [1.807, 2.05) is 12.1 Å². The first kappa shape index (κ1) is 18.0. The molecule has 1 saturated carbocycles. The van der Waals surface area contributed by atoms with Gasteiger partial charge < -0.3 is 20.8 Å². The summed E-state index contributed by atoms with van der Waals surface area (Å²) in [6.45, 7) is 0.421. The van der Waals surface area contributed by atoms with Gasteiger partial charge in [-0.25, -0.2) is 0 Å². The van der Waals surface area contributed by atoms with Crippen LogP contribution in [0.25, 0.3) is 0 Å². The van der Waals surface area contributed by atoms with Crippen LogP contribution >= 0.6 is 12.4 Å². The van der Waals surface area contributed by atoms with E-state index >= 15 is 0 Å². The molecule has 128 valence electrons. The number of nitrogens with one attached hydrogen (secondary N) is 2. The van der Waals surface area contributed by atoms with Gasteiger partial charge in [0, 0.05) is 12.2 Å². The first-order valence-electron chi connectivity index (χ1n) is 7.58. The maximum absolute atomic E-state index is 12.0. The molecule has 1 aromatic heterocycles. The van der Waals surface area contributed by atoms with Crippen LogP contribution in [-0.2, 0) is 11.3 Å². The molecule has 1 aliphatic rings. The van der Waals surface area contributed by atoms with Crippen molar-refractivity contribution < 1.29 is 14.0 Å². The van der Waals surface area contributed by atoms with Crippen molar-refractivity contribution in [3.63, 3.8) is 0 Å². The highest BCUT2D eigenvalue weighted by Gasteiger charge is 2.39. The Morgan fingerprint density at radius 3 is 2.42 bits per heavy atom. The highest BCUT2D eigenvalue weighted by molar-refractivity contribution is 6.02. The van der Waals surface area contributed by atoms with Gasteiger partial charge in [-0.05, 0) is 49.1 Å². The molecule has 2 amide bonds. The van der Waals surface area contributed by atoms with Gasteiger partial charge in [0.25, 0.3) is 5.91 Å². The highest BCUT2D eigenvalue weighted by Crippen LogP contribution is 2.29. The van der Waals surface area contributed by atoms with Gasteiger partial charge in [-0.1, -0.05) is 12.1 Å². The van der Waals surface area contributed by atoms with E-state index < -0.39 is 5.54 Å². The lowest BCUT2D eigenvalue weighted by atomic mass is 9.77. The Hall–Kier alpha value is -2.31. The van der Waals surface area contributed by atoms with Crippen molar-refractivity contribution >= 4 is 29.9 Å². The van der Waals surface area contributed by atoms with Gasteiger partial charge in [0.05, 0.1) is 11.8 Å². The second-order valence-corrected chi connectivity index (χ2v) is 5.82. The van der Waals surface area contributed by atoms with Gasteiger partial charge in [0.2, 0.25) is 5.91 Å². The van der Waals surface area contributed by atoms with Crippen LogP contribution in [0.2, 0.25) is 0 Å². The monoisotopic (exact) mass is 349 g/mol. The van der Waals surface area contributed by atoms with Crippen LogP contribution in [0.4, 0.5) is 5.69 Å². The molecule has 0 spiro atoms. The van der Waals surface area contributed by atoms with Gasteiger partial charge in [-0.3, -0.25) is 9.59 Å². The maximum atomic E-state index is 12.0. The topological polar surface area (TPSA) is 97.4 Å². The number of furan rings is 1. The van der Waals surface area contributed by atoms with Crippen molar-refractivity contribution in [2.75, 3.05) is 5.32 Å². The Labute approximate surface area is 146 Å². The first-order valence-corrected chi connectivity index (χ1v) is 7.58. The quantitative estimate of drug-likeness (QED) is 0.772. The predicted molar refractivity (Wildman–Crippen MR) is 93.0 cm³/mol. The molecule has 24 heavy (non-hydrogen) atoms. The van der Waals surface area contributed by atoms with E-state index in [4.69, 9.17) is 10.2 Å². The van der Waals surface area contributed by atoms with Gasteiger partial charge in [-0.15, -0.1) is 12.4 Å². The number of benzene rings is 1. The molecule has 0 radical (unpaired) electrons. The maximum Gasteiger partial charge on any atom is 0.291 e. The summed E-state index contributed by atoms with van der Waals surface area (Å²) in [5.41, 5.74) is 6.89. The molecular weight excluding hydrogens is 330 g/mol. The number of amides is 2. The summed E-state index contributed by atoms with van der Waals surface area (Å²) in [7, 11) is 0. The van der Waals surface area contributed by atoms with Crippen LogP contribution in [0.15, 0.2) is 47.1 Å². The molecule has 1 aromatic carbocycles. The van der Waals surface area contributed by atoms with Crippen LogP contribution in [0, 0.1) is 0 Å². The summed E-state index contributed by atoms with van der Waals surface area (Å²) in [4.78, 5) is 23.8. The zero-order valence-corrected chi connectivity index (χ0v) is 13.9. The summed E-state index contributed by atoms with van der Waals surface area (Å²) in [6.07, 6.45) is 3.95. The van der Waals surface area contributed by atoms with E-state index in [9.17, 15) is 9.59 Å². The van der Waals surface area contributed by atoms with E-state index in [-0.39, 0.29) is 30.0 Å². The highest BCUT2D eigenvalue weighted by atomic mass is 35.5. The van der Waals surface area contributed by atoms with Crippen LogP contribution in [0.5, 0.6) is 0 Å². The lowest BCUT2D eigenvalue weighted by Crippen LogP contribution is -2.58. The number of hydrogen-bond acceptors (Lipinski definition) is 4. The van der Waals surface area contributed by atoms with Gasteiger partial charge in [-0.2, -0.15) is 0 Å². The number of rotatable bonds is 5. The molecule has 6 nitrogen and oxygen atoms in total. The summed E-state index contributed by atoms with van der Waals surface area (Å²) < 4.78 is 5.03. The van der Waals surface area contributed by atoms with Crippen LogP contribution in [0.3, 0.4) is 0 Å². The Balaban J connectivity index is 0.00000208. The number of nitrogens with two attached hydrogens (primary N) is 1. The zero-order valence-electron chi connectivity index (χ0n) is 13.1. The number of halogens is 1. The summed E-state index contributed by atoms with van der Waals surface area (Å²) in [6, 6.07) is 10.5. The Morgan fingerprint density at radius 1 is 1.17 bits per heavy atom. The molecule has 0 atom stereocenters. The zero-order chi connectivity index (χ0) is 16.3. The second-order valence-electron chi connectivity index (χ2n) is 5.82. The minimum Gasteiger partial charge on any atom is -0.459 e. The largest absolute Gasteiger partial charge is 0.459 e. The molecule has 1 aliphatic carbocycles. The molecule has 1 fully saturated rings. The molecule has 3 rings (SSSR count). The minimum absolute atomic E-state index is 0. The van der Waals surface area contributed by atoms with E-state index in [2.05, 4.69) is 10.6 Å². The third-order valence-electron chi connectivity index (χ3n) is 4.11. The molecule has 0 aliphatic heterocycles. The van der Waals surface area contributed by atoms with E-state index in [0.717, 1.165) is 24.8 Å². The third-order valence-corrected chi connectivity index (χ3v) is 4.11. The van der Waals surface area contributed by atoms with Crippen LogP contribution in [0.1, 0.15) is 35.4 Å². The normalized spacial score (nSPS) is 14.9. The third kappa shape index (κ3) is 3.96. The van der Waals surface area contributed by atoms with E-state index in [1.165, 1.54) is 6.26 Å². The van der Waals surface area contributed by atoms with Crippen molar-refractivity contribution in [3.8, 4) is 0 Å². The van der Waals surface area contributed by atoms with Gasteiger partial charge in [0.1, 0.15) is 0 Å². The van der Waals surface area contributed by atoms with Gasteiger partial charge in [0.15, 0.2) is 5.76 Å². The lowest BCUT2D eigenvalue weighted by Gasteiger charge is -2.36. The van der Waals surface area contributed by atoms with Crippen LogP contribution in [-0.4, -0.2) is 17.4 Å². The number of hydrogen-bond donors (Lipinski definition) is 3. The molecule has 0 unspecified atom stereocenters. The summed E-state index contributed by atoms with van der Waals surface area (Å²) in [5, 5.41) is 5.60. The number of carbonyl (C=O) groups excluding carboxylic acids is 2. The number of carbonyl (C=O) groups is 2.